The minimum Gasteiger partial charge on any atom is -0.493 e. The van der Waals surface area contributed by atoms with Crippen molar-refractivity contribution in [2.24, 2.45) is 5.73 Å². The van der Waals surface area contributed by atoms with E-state index in [0.717, 1.165) is 16.7 Å². The van der Waals surface area contributed by atoms with E-state index in [1.165, 1.54) is 5.56 Å². The predicted octanol–water partition coefficient (Wildman–Crippen LogP) is 4.96. The van der Waals surface area contributed by atoms with E-state index in [0.29, 0.717) is 35.9 Å². The van der Waals surface area contributed by atoms with Crippen molar-refractivity contribution in [2.75, 3.05) is 20.3 Å². The Bertz CT molecular complexity index is 1170. The zero-order valence-electron chi connectivity index (χ0n) is 22.6. The first-order valence-electron chi connectivity index (χ1n) is 12.4. The Morgan fingerprint density at radius 3 is 2.33 bits per heavy atom. The molecule has 7 nitrogen and oxygen atoms in total. The molecule has 0 aromatic heterocycles. The number of ether oxygens (including phenoxy) is 2. The maximum atomic E-state index is 13.5. The molecule has 2 aromatic rings. The van der Waals surface area contributed by atoms with Gasteiger partial charge in [-0.2, -0.15) is 0 Å². The number of methoxy groups -OCH3 is 1. The number of rotatable bonds is 9. The molecule has 0 aliphatic carbocycles. The van der Waals surface area contributed by atoms with Crippen molar-refractivity contribution >= 4 is 17.5 Å². The van der Waals surface area contributed by atoms with Crippen LogP contribution >= 0.6 is 0 Å². The number of fused-ring (bicyclic) bond motifs is 1. The van der Waals surface area contributed by atoms with E-state index in [1.807, 2.05) is 11.0 Å². The van der Waals surface area contributed by atoms with Gasteiger partial charge >= 0.3 is 0 Å². The van der Waals surface area contributed by atoms with E-state index in [-0.39, 0.29) is 42.1 Å². The number of amides is 1. The Labute approximate surface area is 214 Å². The van der Waals surface area contributed by atoms with E-state index in [9.17, 15) is 9.59 Å². The summed E-state index contributed by atoms with van der Waals surface area (Å²) in [6.07, 6.45) is 0.697. The number of hydrogen-bond acceptors (Lipinski definition) is 5. The minimum atomic E-state index is -0.381. The van der Waals surface area contributed by atoms with Crippen LogP contribution in [0.15, 0.2) is 30.3 Å². The SMILES string of the molecule is COc1c(OCCCC(N)=O)cc(C(=O)CN2Cc3ccc(C(C)(C)C)cc3C2=N)cc1C(C)(C)C. The molecule has 0 bridgehead atoms. The summed E-state index contributed by atoms with van der Waals surface area (Å²) in [6, 6.07) is 9.81. The summed E-state index contributed by atoms with van der Waals surface area (Å²) < 4.78 is 11.6. The number of nitrogens with one attached hydrogen (secondary N) is 1. The predicted molar refractivity (Wildman–Crippen MR) is 142 cm³/mol. The van der Waals surface area contributed by atoms with E-state index >= 15 is 0 Å². The smallest absolute Gasteiger partial charge is 0.217 e. The molecule has 0 radical (unpaired) electrons. The van der Waals surface area contributed by atoms with Crippen molar-refractivity contribution in [3.8, 4) is 11.5 Å². The average Bonchev–Trinajstić information content (AvgIpc) is 3.09. The van der Waals surface area contributed by atoms with Crippen LogP contribution in [0, 0.1) is 5.41 Å². The molecule has 0 unspecified atom stereocenters. The van der Waals surface area contributed by atoms with Crippen LogP contribution in [0.2, 0.25) is 0 Å². The zero-order valence-corrected chi connectivity index (χ0v) is 22.6. The second-order valence-electron chi connectivity index (χ2n) is 11.5. The third-order valence-electron chi connectivity index (χ3n) is 6.46. The molecule has 194 valence electrons. The Hall–Kier alpha value is -3.35. The van der Waals surface area contributed by atoms with Crippen LogP contribution in [0.25, 0.3) is 0 Å². The molecular formula is C29H39N3O4. The molecule has 0 saturated carbocycles. The van der Waals surface area contributed by atoms with E-state index in [4.69, 9.17) is 20.6 Å². The number of hydrogen-bond donors (Lipinski definition) is 2. The second kappa shape index (κ2) is 10.3. The van der Waals surface area contributed by atoms with Gasteiger partial charge in [0.25, 0.3) is 0 Å². The summed E-state index contributed by atoms with van der Waals surface area (Å²) in [7, 11) is 1.58. The topological polar surface area (TPSA) is 106 Å². The lowest BCUT2D eigenvalue weighted by atomic mass is 9.84. The van der Waals surface area contributed by atoms with Gasteiger partial charge in [0.1, 0.15) is 5.84 Å². The molecule has 1 amide bonds. The number of primary amides is 1. The van der Waals surface area contributed by atoms with Crippen molar-refractivity contribution in [1.29, 1.82) is 5.41 Å². The standard InChI is InChI=1S/C29H39N3O4/c1-28(2,3)20-11-10-18-16-32(27(31)21(18)15-20)17-23(33)19-13-22(29(4,5)6)26(35-7)24(14-19)36-12-8-9-25(30)34/h10-11,13-15,31H,8-9,12,16-17H2,1-7H3,(H2,30,34). The highest BCUT2D eigenvalue weighted by Crippen LogP contribution is 2.40. The summed E-state index contributed by atoms with van der Waals surface area (Å²) in [5, 5.41) is 8.73. The number of nitrogens with two attached hydrogens (primary N) is 1. The van der Waals surface area contributed by atoms with Gasteiger partial charge in [-0.1, -0.05) is 53.7 Å². The first-order chi connectivity index (χ1) is 16.7. The molecule has 0 atom stereocenters. The molecule has 3 N–H and O–H groups in total. The molecule has 1 heterocycles. The zero-order chi connectivity index (χ0) is 26.8. The molecular weight excluding hydrogens is 454 g/mol. The summed E-state index contributed by atoms with van der Waals surface area (Å²) in [5.74, 6) is 0.936. The molecule has 3 rings (SSSR count). The highest BCUT2D eigenvalue weighted by atomic mass is 16.5. The Morgan fingerprint density at radius 1 is 1.06 bits per heavy atom. The molecule has 2 aromatic carbocycles. The normalized spacial score (nSPS) is 13.5. The molecule has 0 saturated heterocycles. The Balaban J connectivity index is 1.86. The number of nitrogens with zero attached hydrogens (tertiary/aromatic N) is 1. The molecule has 0 fully saturated rings. The number of amidine groups is 1. The third-order valence-corrected chi connectivity index (χ3v) is 6.46. The first kappa shape index (κ1) is 27.2. The van der Waals surface area contributed by atoms with Crippen molar-refractivity contribution < 1.29 is 19.1 Å². The van der Waals surface area contributed by atoms with Gasteiger partial charge in [0, 0.05) is 29.7 Å². The monoisotopic (exact) mass is 493 g/mol. The number of ketones is 1. The summed E-state index contributed by atoms with van der Waals surface area (Å²) in [6.45, 7) is 13.5. The quantitative estimate of drug-likeness (QED) is 0.379. The third kappa shape index (κ3) is 6.07. The number of benzene rings is 2. The van der Waals surface area contributed by atoms with Crippen LogP contribution in [0.3, 0.4) is 0 Å². The fraction of sp³-hybridized carbons (Fsp3) is 0.483. The van der Waals surface area contributed by atoms with Gasteiger partial charge in [0.05, 0.1) is 20.3 Å². The van der Waals surface area contributed by atoms with Gasteiger partial charge in [-0.05, 0) is 46.6 Å². The van der Waals surface area contributed by atoms with Gasteiger partial charge < -0.3 is 20.1 Å². The molecule has 7 heteroatoms. The van der Waals surface area contributed by atoms with Crippen LogP contribution < -0.4 is 15.2 Å². The first-order valence-corrected chi connectivity index (χ1v) is 12.4. The maximum absolute atomic E-state index is 13.5. The summed E-state index contributed by atoms with van der Waals surface area (Å²) >= 11 is 0. The van der Waals surface area contributed by atoms with Crippen molar-refractivity contribution in [3.05, 3.63) is 58.1 Å². The molecule has 1 aliphatic heterocycles. The molecule has 0 spiro atoms. The number of Topliss-reactive ketones (excluding diaryl/α,β-unsaturated/α-hetero) is 1. The fourth-order valence-corrected chi connectivity index (χ4v) is 4.32. The maximum Gasteiger partial charge on any atom is 0.217 e. The van der Waals surface area contributed by atoms with E-state index in [2.05, 4.69) is 59.7 Å². The average molecular weight is 494 g/mol. The second-order valence-corrected chi connectivity index (χ2v) is 11.5. The Kier molecular flexibility index (Phi) is 7.82. The van der Waals surface area contributed by atoms with Crippen molar-refractivity contribution in [3.63, 3.8) is 0 Å². The lowest BCUT2D eigenvalue weighted by Crippen LogP contribution is -2.30. The van der Waals surface area contributed by atoms with E-state index < -0.39 is 0 Å². The summed E-state index contributed by atoms with van der Waals surface area (Å²) in [5.41, 5.74) is 9.40. The van der Waals surface area contributed by atoms with Gasteiger partial charge in [-0.3, -0.25) is 15.0 Å². The largest absolute Gasteiger partial charge is 0.493 e. The molecule has 36 heavy (non-hydrogen) atoms. The van der Waals surface area contributed by atoms with Crippen molar-refractivity contribution in [2.45, 2.75) is 71.8 Å². The number of carbonyl (C=O) groups excluding carboxylic acids is 2. The van der Waals surface area contributed by atoms with Crippen LogP contribution in [0.4, 0.5) is 0 Å². The molecule has 1 aliphatic rings. The lowest BCUT2D eigenvalue weighted by molar-refractivity contribution is -0.118. The van der Waals surface area contributed by atoms with Gasteiger partial charge in [0.2, 0.25) is 5.91 Å². The highest BCUT2D eigenvalue weighted by molar-refractivity contribution is 6.05. The number of carbonyl (C=O) groups is 2. The van der Waals surface area contributed by atoms with Crippen molar-refractivity contribution in [1.82, 2.24) is 4.90 Å². The van der Waals surface area contributed by atoms with Crippen LogP contribution in [-0.2, 0) is 22.2 Å². The van der Waals surface area contributed by atoms with Crippen LogP contribution in [-0.4, -0.2) is 42.7 Å². The van der Waals surface area contributed by atoms with E-state index in [1.54, 1.807) is 13.2 Å². The lowest BCUT2D eigenvalue weighted by Gasteiger charge is -2.25. The minimum absolute atomic E-state index is 0.0150. The Morgan fingerprint density at radius 2 is 1.75 bits per heavy atom. The van der Waals surface area contributed by atoms with Crippen LogP contribution in [0.1, 0.15) is 87.0 Å². The van der Waals surface area contributed by atoms with Gasteiger partial charge in [-0.15, -0.1) is 0 Å². The van der Waals surface area contributed by atoms with Crippen LogP contribution in [0.5, 0.6) is 11.5 Å². The van der Waals surface area contributed by atoms with Gasteiger partial charge in [0.15, 0.2) is 17.3 Å². The highest BCUT2D eigenvalue weighted by Gasteiger charge is 2.30. The fourth-order valence-electron chi connectivity index (χ4n) is 4.32. The summed E-state index contributed by atoms with van der Waals surface area (Å²) in [4.78, 5) is 26.4. The van der Waals surface area contributed by atoms with Gasteiger partial charge in [-0.25, -0.2) is 0 Å².